The van der Waals surface area contributed by atoms with Gasteiger partial charge in [0.05, 0.1) is 46.4 Å². The summed E-state index contributed by atoms with van der Waals surface area (Å²) in [6.07, 6.45) is -0.328. The van der Waals surface area contributed by atoms with E-state index in [2.05, 4.69) is 0 Å². The van der Waals surface area contributed by atoms with Crippen molar-refractivity contribution in [1.82, 2.24) is 9.80 Å². The van der Waals surface area contributed by atoms with Crippen LogP contribution in [0.3, 0.4) is 0 Å². The highest BCUT2D eigenvalue weighted by Crippen LogP contribution is 2.41. The van der Waals surface area contributed by atoms with E-state index in [4.69, 9.17) is 35.9 Å². The molecule has 10 nitrogen and oxygen atoms in total. The zero-order valence-corrected chi connectivity index (χ0v) is 27.3. The highest BCUT2D eigenvalue weighted by molar-refractivity contribution is 8.23. The van der Waals surface area contributed by atoms with Gasteiger partial charge in [0.15, 0.2) is 11.5 Å². The second-order valence-corrected chi connectivity index (χ2v) is 12.3. The van der Waals surface area contributed by atoms with Gasteiger partial charge in [0, 0.05) is 38.3 Å². The summed E-state index contributed by atoms with van der Waals surface area (Å²) in [5, 5.41) is 0. The van der Waals surface area contributed by atoms with E-state index < -0.39 is 5.60 Å². The number of hydrogen-bond acceptors (Lipinski definition) is 9. The lowest BCUT2D eigenvalue weighted by Crippen LogP contribution is -2.51. The number of ether oxygens (including phenoxy) is 5. The summed E-state index contributed by atoms with van der Waals surface area (Å²) in [5.41, 5.74) is 1.95. The molecule has 2 aromatic carbocycles. The molecule has 0 spiro atoms. The van der Waals surface area contributed by atoms with Gasteiger partial charge in [-0.1, -0.05) is 36.1 Å². The molecule has 1 aliphatic heterocycles. The van der Waals surface area contributed by atoms with Gasteiger partial charge in [-0.2, -0.15) is 0 Å². The van der Waals surface area contributed by atoms with E-state index in [-0.39, 0.29) is 17.8 Å². The summed E-state index contributed by atoms with van der Waals surface area (Å²) >= 11 is 6.99. The molecule has 0 saturated carbocycles. The van der Waals surface area contributed by atoms with E-state index >= 15 is 0 Å². The molecule has 0 unspecified atom stereocenters. The average Bonchev–Trinajstić information content (AvgIpc) is 2.96. The lowest BCUT2D eigenvalue weighted by molar-refractivity contribution is -0.116. The predicted octanol–water partition coefficient (Wildman–Crippen LogP) is 5.13. The van der Waals surface area contributed by atoms with Crippen molar-refractivity contribution < 1.29 is 33.3 Å². The molecule has 12 heteroatoms. The van der Waals surface area contributed by atoms with Crippen LogP contribution < -0.4 is 23.8 Å². The molecule has 2 aromatic rings. The first-order valence-electron chi connectivity index (χ1n) is 13.5. The Balaban J connectivity index is 1.76. The van der Waals surface area contributed by atoms with Crippen LogP contribution in [-0.2, 0) is 16.1 Å². The topological polar surface area (TPSA) is 90.0 Å². The Labute approximate surface area is 258 Å². The Kier molecular flexibility index (Phi) is 11.6. The van der Waals surface area contributed by atoms with Crippen molar-refractivity contribution in [3.8, 4) is 23.0 Å². The van der Waals surface area contributed by atoms with Crippen molar-refractivity contribution in [3.63, 3.8) is 0 Å². The molecule has 0 N–H and O–H groups in total. The molecule has 2 amide bonds. The van der Waals surface area contributed by atoms with Crippen molar-refractivity contribution >= 4 is 46.0 Å². The lowest BCUT2D eigenvalue weighted by atomic mass is 10.1. The van der Waals surface area contributed by atoms with Crippen LogP contribution in [0.5, 0.6) is 23.0 Å². The number of thioether (sulfide) groups is 1. The molecule has 1 aliphatic rings. The minimum atomic E-state index is -0.548. The summed E-state index contributed by atoms with van der Waals surface area (Å²) in [4.78, 5) is 31.6. The SMILES string of the molecule is COc1ccc(CN(C(=O)CSC(=S)N2CCN(C(=O)OC(C)(C)C)CC2)c2cc(OC)c(OC)c(OC)c2)cc1C. The number of rotatable bonds is 9. The van der Waals surface area contributed by atoms with Gasteiger partial charge in [0.1, 0.15) is 15.7 Å². The summed E-state index contributed by atoms with van der Waals surface area (Å²) in [6, 6.07) is 9.34. The molecule has 3 rings (SSSR count). The zero-order chi connectivity index (χ0) is 31.0. The van der Waals surface area contributed by atoms with E-state index in [0.29, 0.717) is 60.0 Å². The summed E-state index contributed by atoms with van der Waals surface area (Å²) in [7, 11) is 6.24. The number of hydrogen-bond donors (Lipinski definition) is 0. The van der Waals surface area contributed by atoms with Gasteiger partial charge in [-0.25, -0.2) is 4.79 Å². The van der Waals surface area contributed by atoms with Crippen LogP contribution in [-0.4, -0.2) is 92.1 Å². The maximum Gasteiger partial charge on any atom is 0.410 e. The summed E-state index contributed by atoms with van der Waals surface area (Å²) < 4.78 is 28.1. The minimum Gasteiger partial charge on any atom is -0.496 e. The second kappa shape index (κ2) is 14.7. The van der Waals surface area contributed by atoms with Crippen LogP contribution in [0, 0.1) is 6.92 Å². The summed E-state index contributed by atoms with van der Waals surface area (Å²) in [5.74, 6) is 2.09. The van der Waals surface area contributed by atoms with Gasteiger partial charge in [0.25, 0.3) is 0 Å². The lowest BCUT2D eigenvalue weighted by Gasteiger charge is -2.36. The number of benzene rings is 2. The molecule has 42 heavy (non-hydrogen) atoms. The standard InChI is InChI=1S/C30H41N3O7S2/c1-20-15-21(9-10-23(20)36-5)18-33(22-16-24(37-6)27(39-8)25(17-22)38-7)26(34)19-42-29(41)32-13-11-31(12-14-32)28(35)40-30(2,3)4/h9-10,15-17H,11-14,18-19H2,1-8H3. The number of nitrogens with zero attached hydrogens (tertiary/aromatic N) is 3. The molecule has 1 fully saturated rings. The van der Waals surface area contributed by atoms with E-state index in [0.717, 1.165) is 16.9 Å². The summed E-state index contributed by atoms with van der Waals surface area (Å²) in [6.45, 7) is 9.95. The van der Waals surface area contributed by atoms with Gasteiger partial charge in [0.2, 0.25) is 11.7 Å². The monoisotopic (exact) mass is 619 g/mol. The van der Waals surface area contributed by atoms with Crippen LogP contribution in [0.25, 0.3) is 0 Å². The van der Waals surface area contributed by atoms with Crippen LogP contribution in [0.15, 0.2) is 30.3 Å². The Bertz CT molecular complexity index is 1250. The number of methoxy groups -OCH3 is 4. The molecule has 1 heterocycles. The first kappa shape index (κ1) is 33.1. The Hall–Kier alpha value is -3.38. The van der Waals surface area contributed by atoms with Crippen LogP contribution in [0.2, 0.25) is 0 Å². The average molecular weight is 620 g/mol. The van der Waals surface area contributed by atoms with Gasteiger partial charge in [-0.15, -0.1) is 0 Å². The van der Waals surface area contributed by atoms with E-state index in [1.165, 1.54) is 33.1 Å². The third-order valence-electron chi connectivity index (χ3n) is 6.57. The Morgan fingerprint density at radius 3 is 1.95 bits per heavy atom. The number of anilines is 1. The van der Waals surface area contributed by atoms with Crippen molar-refractivity contribution in [2.45, 2.75) is 39.8 Å². The molecule has 0 aliphatic carbocycles. The number of piperazine rings is 1. The van der Waals surface area contributed by atoms with E-state index in [1.807, 2.05) is 50.8 Å². The fourth-order valence-corrected chi connectivity index (χ4v) is 5.59. The highest BCUT2D eigenvalue weighted by atomic mass is 32.2. The molecular formula is C30H41N3O7S2. The largest absolute Gasteiger partial charge is 0.496 e. The van der Waals surface area contributed by atoms with E-state index in [1.54, 1.807) is 29.0 Å². The van der Waals surface area contributed by atoms with Crippen LogP contribution in [0.4, 0.5) is 10.5 Å². The Morgan fingerprint density at radius 2 is 1.45 bits per heavy atom. The third kappa shape index (κ3) is 8.57. The minimum absolute atomic E-state index is 0.122. The first-order chi connectivity index (χ1) is 19.9. The fraction of sp³-hybridized carbons (Fsp3) is 0.500. The van der Waals surface area contributed by atoms with Crippen molar-refractivity contribution in [2.24, 2.45) is 0 Å². The Morgan fingerprint density at radius 1 is 0.881 bits per heavy atom. The van der Waals surface area contributed by atoms with Gasteiger partial charge < -0.3 is 38.4 Å². The predicted molar refractivity (Wildman–Crippen MR) is 169 cm³/mol. The van der Waals surface area contributed by atoms with Gasteiger partial charge in [-0.05, 0) is 44.9 Å². The smallest absolute Gasteiger partial charge is 0.410 e. The fourth-order valence-electron chi connectivity index (χ4n) is 4.46. The molecule has 230 valence electrons. The quantitative estimate of drug-likeness (QED) is 0.352. The first-order valence-corrected chi connectivity index (χ1v) is 14.9. The highest BCUT2D eigenvalue weighted by Gasteiger charge is 2.28. The molecule has 0 radical (unpaired) electrons. The van der Waals surface area contributed by atoms with Crippen LogP contribution >= 0.6 is 24.0 Å². The molecule has 0 bridgehead atoms. The van der Waals surface area contributed by atoms with Crippen molar-refractivity contribution in [3.05, 3.63) is 41.5 Å². The maximum atomic E-state index is 13.8. The molecule has 0 aromatic heterocycles. The molecular weight excluding hydrogens is 578 g/mol. The maximum absolute atomic E-state index is 13.8. The second-order valence-electron chi connectivity index (χ2n) is 10.7. The molecule has 0 atom stereocenters. The normalized spacial score (nSPS) is 13.3. The number of thiocarbonyl (C=S) groups is 1. The van der Waals surface area contributed by atoms with Crippen molar-refractivity contribution in [2.75, 3.05) is 65.3 Å². The number of aryl methyl sites for hydroxylation is 1. The van der Waals surface area contributed by atoms with Gasteiger partial charge >= 0.3 is 6.09 Å². The van der Waals surface area contributed by atoms with Gasteiger partial charge in [-0.3, -0.25) is 4.79 Å². The number of carbonyl (C=O) groups is 2. The molecule has 1 saturated heterocycles. The third-order valence-corrected chi connectivity index (χ3v) is 8.08. The number of amides is 2. The number of carbonyl (C=O) groups excluding carboxylic acids is 2. The van der Waals surface area contributed by atoms with Crippen molar-refractivity contribution in [1.29, 1.82) is 0 Å². The zero-order valence-electron chi connectivity index (χ0n) is 25.6. The van der Waals surface area contributed by atoms with E-state index in [9.17, 15) is 9.59 Å². The van der Waals surface area contributed by atoms with Crippen LogP contribution in [0.1, 0.15) is 31.9 Å².